The van der Waals surface area contributed by atoms with Crippen molar-refractivity contribution in [2.45, 2.75) is 232 Å². The summed E-state index contributed by atoms with van der Waals surface area (Å²) in [4.78, 5) is 124. The number of cyclic esters (lactones) is 1. The second kappa shape index (κ2) is 45.1. The third-order valence-corrected chi connectivity index (χ3v) is 22.7. The van der Waals surface area contributed by atoms with Gasteiger partial charge in [-0.15, -0.1) is 0 Å². The summed E-state index contributed by atoms with van der Waals surface area (Å²) >= 11 is 0. The number of nitrogens with one attached hydrogen (secondary N) is 1. The molecular weight excluding hydrogens is 1520 g/mol. The number of phenols is 2. The van der Waals surface area contributed by atoms with Gasteiger partial charge in [-0.2, -0.15) is 9.97 Å². The first kappa shape index (κ1) is 95.0. The van der Waals surface area contributed by atoms with Gasteiger partial charge in [0.05, 0.1) is 42.9 Å². The molecular formula is C89H121N9O20. The van der Waals surface area contributed by atoms with Crippen LogP contribution in [0.2, 0.25) is 0 Å². The Balaban J connectivity index is 0.000000296. The minimum absolute atomic E-state index is 0.0138. The molecule has 0 spiro atoms. The number of nitrogen functional groups attached to an aromatic ring is 2. The van der Waals surface area contributed by atoms with Crippen LogP contribution in [-0.2, 0) is 63.8 Å². The van der Waals surface area contributed by atoms with Gasteiger partial charge in [-0.1, -0.05) is 109 Å². The molecule has 2 bridgehead atoms. The second-order valence-electron chi connectivity index (χ2n) is 31.5. The van der Waals surface area contributed by atoms with Crippen LogP contribution in [0.25, 0.3) is 22.3 Å². The molecule has 29 nitrogen and oxygen atoms in total. The third kappa shape index (κ3) is 26.4. The van der Waals surface area contributed by atoms with E-state index in [1.165, 1.54) is 35.3 Å². The molecule has 29 heteroatoms. The minimum Gasteiger partial charge on any atom is -0.508 e. The van der Waals surface area contributed by atoms with Gasteiger partial charge in [-0.3, -0.25) is 28.8 Å². The van der Waals surface area contributed by atoms with Crippen molar-refractivity contribution in [3.8, 4) is 11.5 Å². The number of fused-ring (bicyclic) bond motifs is 4. The number of ketones is 3. The highest BCUT2D eigenvalue weighted by molar-refractivity contribution is 6.39. The fraction of sp³-hybridized carbons (Fsp3) is 0.528. The molecule has 1 aliphatic carbocycles. The quantitative estimate of drug-likeness (QED) is 0.0159. The van der Waals surface area contributed by atoms with Crippen LogP contribution >= 0.6 is 0 Å². The van der Waals surface area contributed by atoms with Gasteiger partial charge in [0.2, 0.25) is 11.7 Å². The lowest BCUT2D eigenvalue weighted by atomic mass is 9.78. The van der Waals surface area contributed by atoms with Crippen molar-refractivity contribution in [2.75, 3.05) is 51.3 Å². The molecule has 4 aliphatic rings. The molecule has 3 fully saturated rings. The number of nitrogens with zero attached hydrogens (tertiary/aromatic N) is 6. The zero-order valence-electron chi connectivity index (χ0n) is 70.1. The number of Topliss-reactive ketones (excluding diaryl/α,β-unsaturated/α-hetero) is 3. The van der Waals surface area contributed by atoms with Crippen molar-refractivity contribution in [2.24, 2.45) is 35.5 Å². The number of carbonyl (C=O) groups excluding carboxylic acids is 6. The average Bonchev–Trinajstić information content (AvgIpc) is 0.769. The van der Waals surface area contributed by atoms with E-state index >= 15 is 0 Å². The highest BCUT2D eigenvalue weighted by Crippen LogP contribution is 2.39. The number of aliphatic hydroxyl groups is 3. The summed E-state index contributed by atoms with van der Waals surface area (Å²) in [5.41, 5.74) is 19.7. The Bertz CT molecular complexity index is 4340. The normalized spacial score (nSPS) is 27.6. The lowest BCUT2D eigenvalue weighted by Gasteiger charge is -2.42. The highest BCUT2D eigenvalue weighted by Gasteiger charge is 2.53. The molecule has 642 valence electrons. The van der Waals surface area contributed by atoms with Crippen molar-refractivity contribution >= 4 is 86.8 Å². The molecule has 2 saturated heterocycles. The number of aromatic nitrogens is 4. The molecule has 1 saturated carbocycles. The number of aliphatic hydroxyl groups excluding tert-OH is 2. The van der Waals surface area contributed by atoms with Crippen LogP contribution in [0.1, 0.15) is 192 Å². The van der Waals surface area contributed by atoms with E-state index in [0.717, 1.165) is 41.6 Å². The Morgan fingerprint density at radius 1 is 0.754 bits per heavy atom. The van der Waals surface area contributed by atoms with Crippen LogP contribution < -0.4 is 21.7 Å². The topological polar surface area (TPSA) is 446 Å². The number of benzene rings is 3. The lowest BCUT2D eigenvalue weighted by Crippen LogP contribution is -2.61. The number of methoxy groups -OCH3 is 3. The summed E-state index contributed by atoms with van der Waals surface area (Å²) in [6, 6.07) is 18.7. The largest absolute Gasteiger partial charge is 0.508 e. The van der Waals surface area contributed by atoms with E-state index in [9.17, 15) is 69.0 Å². The van der Waals surface area contributed by atoms with Crippen molar-refractivity contribution in [3.05, 3.63) is 149 Å². The number of carbonyl (C=O) groups is 8. The van der Waals surface area contributed by atoms with E-state index in [-0.39, 0.29) is 96.5 Å². The van der Waals surface area contributed by atoms with Crippen LogP contribution in [0.4, 0.5) is 17.5 Å². The number of allylic oxidation sites excluding steroid dienone is 8. The van der Waals surface area contributed by atoms with Crippen molar-refractivity contribution < 1.29 is 97.8 Å². The Labute approximate surface area is 691 Å². The number of amides is 2. The number of hydrogen-bond donors (Lipinski definition) is 10. The monoisotopic (exact) mass is 1640 g/mol. The maximum absolute atomic E-state index is 14.4. The van der Waals surface area contributed by atoms with Crippen LogP contribution in [0.15, 0.2) is 127 Å². The number of nitrogens with two attached hydrogens (primary N) is 2. The predicted molar refractivity (Wildman–Crippen MR) is 447 cm³/mol. The van der Waals surface area contributed by atoms with Gasteiger partial charge >= 0.3 is 17.9 Å². The number of hydrogen-bond acceptors (Lipinski definition) is 25. The molecule has 2 amide bonds. The fourth-order valence-electron chi connectivity index (χ4n) is 15.7. The van der Waals surface area contributed by atoms with Crippen LogP contribution in [0, 0.1) is 35.5 Å². The molecule has 0 radical (unpaired) electrons. The lowest BCUT2D eigenvalue weighted by molar-refractivity contribution is -0.265. The number of carboxylic acids is 2. The Hall–Kier alpha value is -10.1. The van der Waals surface area contributed by atoms with Crippen LogP contribution in [0.3, 0.4) is 0 Å². The fourth-order valence-corrected chi connectivity index (χ4v) is 15.7. The molecule has 3 aliphatic heterocycles. The Morgan fingerprint density at radius 2 is 1.39 bits per heavy atom. The van der Waals surface area contributed by atoms with Crippen molar-refractivity contribution in [3.63, 3.8) is 0 Å². The van der Waals surface area contributed by atoms with E-state index in [4.69, 9.17) is 40.3 Å². The standard InChI is InChI=1S/C51H79NO13.C20H22N8O5.C18H20O2/c1-30-16-12-11-13-17-31(2)42(61-8)28-38-21-19-36(7)51(60,65-38)48(57)49(58)52-23-15-14-18-39(52)50(59)64-43(33(4)26-37-20-22-40(53)44(27-37)62-9)29-41(54)32(3)25-35(6)46(56)47(63-10)45(55)34(5)24-30;1-28(9-11-8-23-17-15(24-11)16(21)26-20(22)27-17)12-4-2-10(3-5-12)18(31)25-13(19(32)33)6-7-14(29)30;1-3-17(13-5-9-15(19)10-6-13)18(4-2)14-7-11-16(20)12-8-14/h11-13,16-17,25,30,32-34,36-40,42-44,46-47,53,56,60H,14-15,18-24,26-29H2,1-10H3;2-5,8,13H,6-7,9H2,1H3,(H,25,31)(H,29,30)(H,32,33)(H4,21,22,23,26,27);5-12,19-20H,3-4H2,1-2H3/b13-11+,16-12+,31-17+,35-25+;;18-17+/t30-,32-,33-,34-,36-,37+,38+,39+,40-,42+,43+,44-,46-,47+,51-;13-;/m10./s1. The zero-order chi connectivity index (χ0) is 86.8. The number of phenolic OH excluding ortho intramolecular Hbond substituents is 2. The number of esters is 1. The van der Waals surface area contributed by atoms with Crippen molar-refractivity contribution in [1.29, 1.82) is 0 Å². The van der Waals surface area contributed by atoms with Gasteiger partial charge in [-0.25, -0.2) is 19.6 Å². The number of aliphatic carboxylic acids is 2. The van der Waals surface area contributed by atoms with Crippen LogP contribution in [0.5, 0.6) is 11.5 Å². The summed E-state index contributed by atoms with van der Waals surface area (Å²) in [5.74, 6) is -10.3. The van der Waals surface area contributed by atoms with Gasteiger partial charge in [0.15, 0.2) is 22.8 Å². The summed E-state index contributed by atoms with van der Waals surface area (Å²) in [6.07, 6.45) is 14.0. The van der Waals surface area contributed by atoms with E-state index in [1.807, 2.05) is 94.3 Å². The maximum atomic E-state index is 14.4. The van der Waals surface area contributed by atoms with E-state index in [1.54, 1.807) is 83.7 Å². The second-order valence-corrected chi connectivity index (χ2v) is 31.5. The Morgan fingerprint density at radius 3 is 1.98 bits per heavy atom. The summed E-state index contributed by atoms with van der Waals surface area (Å²) in [5, 5.41) is 72.9. The van der Waals surface area contributed by atoms with Crippen LogP contribution in [-0.4, -0.2) is 203 Å². The summed E-state index contributed by atoms with van der Waals surface area (Å²) in [7, 11) is 6.34. The van der Waals surface area contributed by atoms with Crippen molar-refractivity contribution in [1.82, 2.24) is 30.2 Å². The molecule has 12 N–H and O–H groups in total. The third-order valence-electron chi connectivity index (χ3n) is 22.7. The summed E-state index contributed by atoms with van der Waals surface area (Å²) < 4.78 is 29.4. The van der Waals surface area contributed by atoms with E-state index in [2.05, 4.69) is 39.1 Å². The molecule has 9 rings (SSSR count). The van der Waals surface area contributed by atoms with Gasteiger partial charge in [-0.05, 0) is 197 Å². The molecule has 0 unspecified atom stereocenters. The predicted octanol–water partition coefficient (Wildman–Crippen LogP) is 11.3. The molecule has 118 heavy (non-hydrogen) atoms. The average molecular weight is 1640 g/mol. The Kier molecular flexibility index (Phi) is 36.4. The van der Waals surface area contributed by atoms with E-state index < -0.39 is 108 Å². The highest BCUT2D eigenvalue weighted by atomic mass is 16.6. The van der Waals surface area contributed by atoms with E-state index in [0.29, 0.717) is 86.8 Å². The smallest absolute Gasteiger partial charge is 0.329 e. The molecule has 2 aromatic heterocycles. The number of carboxylic acid groups (broad SMARTS) is 2. The molecule has 16 atom stereocenters. The summed E-state index contributed by atoms with van der Waals surface area (Å²) in [6.45, 7) is 17.4. The molecule has 5 heterocycles. The van der Waals surface area contributed by atoms with Gasteiger partial charge in [0, 0.05) is 83.2 Å². The maximum Gasteiger partial charge on any atom is 0.329 e. The number of anilines is 3. The first-order valence-corrected chi connectivity index (χ1v) is 40.6. The zero-order valence-corrected chi connectivity index (χ0v) is 70.1. The first-order valence-electron chi connectivity index (χ1n) is 40.6. The number of rotatable bonds is 19. The molecule has 5 aromatic rings. The number of aromatic hydroxyl groups is 2. The van der Waals surface area contributed by atoms with Gasteiger partial charge < -0.3 is 86.0 Å². The SMILES string of the molecule is CC/C(=C(/CC)c1ccc(O)cc1)c1ccc(O)cc1.CN(Cc1cnc2nc(N)nc(N)c2n1)c1ccc(C(=O)N[C@@H](CCC(=O)O)C(=O)O)cc1.CO[C@H]1C[C@@H]2CC[C@@H](C)[C@@](O)(O2)C(=O)C(=O)N2CCCC[C@H]2C(=O)O[C@H]([C@H](C)C[C@@H]2CC[C@@H](O)[C@H](OC)C2)CC(=O)[C@H](C)/C=C(\C)[C@@H](O)[C@@H](OC)C(=O)[C@H](C)C[C@H](C)/C=C/C=C/C=C/1C. The van der Waals surface area contributed by atoms with Gasteiger partial charge in [0.25, 0.3) is 17.6 Å². The number of piperidine rings is 1. The minimum atomic E-state index is -2.43. The van der Waals surface area contributed by atoms with Gasteiger partial charge in [0.1, 0.15) is 47.7 Å². The molecule has 3 aromatic carbocycles. The number of ether oxygens (including phenoxy) is 5. The first-order chi connectivity index (χ1) is 56.0.